The van der Waals surface area contributed by atoms with Gasteiger partial charge in [-0.15, -0.1) is 0 Å². The fourth-order valence-corrected chi connectivity index (χ4v) is 5.25. The topological polar surface area (TPSA) is 39.3 Å². The molecule has 1 unspecified atom stereocenters. The number of nitrogens with one attached hydrogen (secondary N) is 1. The molecular weight excluding hydrogens is 327 g/mol. The van der Waals surface area contributed by atoms with Gasteiger partial charge in [0.2, 0.25) is 0 Å². The third-order valence-corrected chi connectivity index (χ3v) is 6.57. The first-order chi connectivity index (χ1) is 12.5. The van der Waals surface area contributed by atoms with E-state index >= 15 is 0 Å². The SMILES string of the molecule is CN1CC[C@]2(c3cccc(O)c3)Cc3[nH]c4ccc(F)cc4c3CC2C1. The van der Waals surface area contributed by atoms with Crippen LogP contribution in [0.3, 0.4) is 0 Å². The van der Waals surface area contributed by atoms with E-state index in [-0.39, 0.29) is 11.2 Å². The number of likely N-dealkylation sites (tertiary alicyclic amines) is 1. The standard InChI is InChI=1S/C22H23FN2O/c1-25-8-7-22(14-3-2-4-17(26)9-14)12-21-18(10-15(22)13-25)19-11-16(23)5-6-20(19)24-21/h2-6,9,11,15,24,26H,7-8,10,12-13H2,1H3/t15?,22-/m1/s1. The molecule has 2 heterocycles. The summed E-state index contributed by atoms with van der Waals surface area (Å²) in [5.41, 5.74) is 4.78. The Kier molecular flexibility index (Phi) is 3.41. The van der Waals surface area contributed by atoms with E-state index in [1.807, 2.05) is 18.2 Å². The molecule has 134 valence electrons. The minimum atomic E-state index is -0.176. The van der Waals surface area contributed by atoms with Crippen molar-refractivity contribution in [3.05, 3.63) is 65.1 Å². The van der Waals surface area contributed by atoms with E-state index in [4.69, 9.17) is 0 Å². The molecule has 0 saturated carbocycles. The van der Waals surface area contributed by atoms with Crippen molar-refractivity contribution < 1.29 is 9.50 Å². The van der Waals surface area contributed by atoms with Gasteiger partial charge in [0.15, 0.2) is 0 Å². The highest BCUT2D eigenvalue weighted by Gasteiger charge is 2.47. The number of rotatable bonds is 1. The average molecular weight is 350 g/mol. The van der Waals surface area contributed by atoms with Gasteiger partial charge in [-0.2, -0.15) is 0 Å². The summed E-state index contributed by atoms with van der Waals surface area (Å²) < 4.78 is 13.8. The highest BCUT2D eigenvalue weighted by molar-refractivity contribution is 5.85. The number of aromatic nitrogens is 1. The molecular formula is C22H23FN2O. The molecule has 3 nitrogen and oxygen atoms in total. The highest BCUT2D eigenvalue weighted by Crippen LogP contribution is 2.49. The first-order valence-corrected chi connectivity index (χ1v) is 9.32. The van der Waals surface area contributed by atoms with Gasteiger partial charge in [-0.3, -0.25) is 0 Å². The van der Waals surface area contributed by atoms with Crippen LogP contribution in [0.15, 0.2) is 42.5 Å². The molecule has 1 fully saturated rings. The fraction of sp³-hybridized carbons (Fsp3) is 0.364. The molecule has 2 aromatic carbocycles. The molecule has 0 radical (unpaired) electrons. The predicted octanol–water partition coefficient (Wildman–Crippen LogP) is 4.00. The number of hydrogen-bond donors (Lipinski definition) is 2. The Balaban J connectivity index is 1.68. The number of aromatic hydroxyl groups is 1. The van der Waals surface area contributed by atoms with Crippen LogP contribution < -0.4 is 0 Å². The Morgan fingerprint density at radius 3 is 2.96 bits per heavy atom. The van der Waals surface area contributed by atoms with Crippen LogP contribution in [0.1, 0.15) is 23.2 Å². The summed E-state index contributed by atoms with van der Waals surface area (Å²) in [5.74, 6) is 0.613. The van der Waals surface area contributed by atoms with Crippen molar-refractivity contribution in [2.24, 2.45) is 5.92 Å². The van der Waals surface area contributed by atoms with Crippen molar-refractivity contribution >= 4 is 10.9 Å². The van der Waals surface area contributed by atoms with Crippen LogP contribution in [0.4, 0.5) is 4.39 Å². The van der Waals surface area contributed by atoms with Gasteiger partial charge in [0.05, 0.1) is 0 Å². The van der Waals surface area contributed by atoms with Crippen LogP contribution >= 0.6 is 0 Å². The Morgan fingerprint density at radius 1 is 1.23 bits per heavy atom. The van der Waals surface area contributed by atoms with Crippen LogP contribution in [0.25, 0.3) is 10.9 Å². The maximum Gasteiger partial charge on any atom is 0.123 e. The number of phenolic OH excluding ortho intramolecular Hbond substituents is 1. The van der Waals surface area contributed by atoms with Crippen LogP contribution in [0.2, 0.25) is 0 Å². The molecule has 1 saturated heterocycles. The van der Waals surface area contributed by atoms with Crippen LogP contribution in [0, 0.1) is 11.7 Å². The second kappa shape index (κ2) is 5.58. The largest absolute Gasteiger partial charge is 0.508 e. The van der Waals surface area contributed by atoms with Crippen molar-refractivity contribution in [2.75, 3.05) is 20.1 Å². The number of benzene rings is 2. The first kappa shape index (κ1) is 15.9. The van der Waals surface area contributed by atoms with Gasteiger partial charge in [0, 0.05) is 28.6 Å². The Morgan fingerprint density at radius 2 is 2.12 bits per heavy atom. The molecule has 5 rings (SSSR count). The zero-order chi connectivity index (χ0) is 17.9. The number of aromatic amines is 1. The van der Waals surface area contributed by atoms with E-state index in [0.717, 1.165) is 43.3 Å². The van der Waals surface area contributed by atoms with Crippen LogP contribution in [-0.4, -0.2) is 35.1 Å². The lowest BCUT2D eigenvalue weighted by Gasteiger charge is -2.50. The Hall–Kier alpha value is -2.33. The molecule has 3 aromatic rings. The molecule has 2 aliphatic rings. The molecule has 4 heteroatoms. The van der Waals surface area contributed by atoms with Crippen LogP contribution in [-0.2, 0) is 18.3 Å². The maximum absolute atomic E-state index is 13.8. The van der Waals surface area contributed by atoms with E-state index in [0.29, 0.717) is 11.7 Å². The second-order valence-electron chi connectivity index (χ2n) is 8.07. The number of halogens is 1. The van der Waals surface area contributed by atoms with E-state index in [1.54, 1.807) is 12.1 Å². The normalized spacial score (nSPS) is 25.8. The molecule has 1 aliphatic carbocycles. The number of phenols is 1. The smallest absolute Gasteiger partial charge is 0.123 e. The van der Waals surface area contributed by atoms with Gasteiger partial charge in [0.1, 0.15) is 11.6 Å². The van der Waals surface area contributed by atoms with Crippen molar-refractivity contribution in [1.82, 2.24) is 9.88 Å². The van der Waals surface area contributed by atoms with E-state index < -0.39 is 0 Å². The van der Waals surface area contributed by atoms with Gasteiger partial charge in [-0.05, 0) is 80.2 Å². The predicted molar refractivity (Wildman–Crippen MR) is 101 cm³/mol. The number of fused-ring (bicyclic) bond motifs is 4. The zero-order valence-electron chi connectivity index (χ0n) is 14.9. The summed E-state index contributed by atoms with van der Waals surface area (Å²) in [6.45, 7) is 2.08. The van der Waals surface area contributed by atoms with Gasteiger partial charge >= 0.3 is 0 Å². The number of H-pyrrole nitrogens is 1. The van der Waals surface area contributed by atoms with Crippen molar-refractivity contribution in [2.45, 2.75) is 24.7 Å². The summed E-state index contributed by atoms with van der Waals surface area (Å²) in [6.07, 6.45) is 2.93. The minimum Gasteiger partial charge on any atom is -0.508 e. The monoisotopic (exact) mass is 350 g/mol. The highest BCUT2D eigenvalue weighted by atomic mass is 19.1. The minimum absolute atomic E-state index is 0.0255. The third-order valence-electron chi connectivity index (χ3n) is 6.57. The molecule has 1 aliphatic heterocycles. The quantitative estimate of drug-likeness (QED) is 0.696. The van der Waals surface area contributed by atoms with Gasteiger partial charge < -0.3 is 15.0 Å². The number of hydrogen-bond acceptors (Lipinski definition) is 2. The van der Waals surface area contributed by atoms with Gasteiger partial charge in [0.25, 0.3) is 0 Å². The molecule has 0 amide bonds. The molecule has 2 atom stereocenters. The second-order valence-corrected chi connectivity index (χ2v) is 8.07. The van der Waals surface area contributed by atoms with E-state index in [9.17, 15) is 9.50 Å². The summed E-state index contributed by atoms with van der Waals surface area (Å²) in [5, 5.41) is 11.1. The molecule has 2 N–H and O–H groups in total. The average Bonchev–Trinajstić information content (AvgIpc) is 2.96. The molecule has 0 spiro atoms. The van der Waals surface area contributed by atoms with E-state index in [1.165, 1.54) is 22.9 Å². The van der Waals surface area contributed by atoms with Crippen LogP contribution in [0.5, 0.6) is 5.75 Å². The van der Waals surface area contributed by atoms with Crippen molar-refractivity contribution in [1.29, 1.82) is 0 Å². The molecule has 26 heavy (non-hydrogen) atoms. The Bertz CT molecular complexity index is 995. The summed E-state index contributed by atoms with van der Waals surface area (Å²) in [7, 11) is 2.18. The summed E-state index contributed by atoms with van der Waals surface area (Å²) >= 11 is 0. The first-order valence-electron chi connectivity index (χ1n) is 9.32. The summed E-state index contributed by atoms with van der Waals surface area (Å²) in [4.78, 5) is 5.95. The molecule has 0 bridgehead atoms. The van der Waals surface area contributed by atoms with Crippen molar-refractivity contribution in [3.8, 4) is 5.75 Å². The molecule has 1 aromatic heterocycles. The lowest BCUT2D eigenvalue weighted by molar-refractivity contribution is 0.0994. The van der Waals surface area contributed by atoms with Gasteiger partial charge in [-0.25, -0.2) is 4.39 Å². The summed E-state index contributed by atoms with van der Waals surface area (Å²) in [6, 6.07) is 12.8. The van der Waals surface area contributed by atoms with Gasteiger partial charge in [-0.1, -0.05) is 12.1 Å². The lowest BCUT2D eigenvalue weighted by atomic mass is 9.59. The van der Waals surface area contributed by atoms with Crippen molar-refractivity contribution in [3.63, 3.8) is 0 Å². The number of piperidine rings is 1. The zero-order valence-corrected chi connectivity index (χ0v) is 14.9. The fourth-order valence-electron chi connectivity index (χ4n) is 5.25. The van der Waals surface area contributed by atoms with E-state index in [2.05, 4.69) is 23.0 Å². The Labute approximate surface area is 152 Å². The maximum atomic E-state index is 13.8. The third kappa shape index (κ3) is 2.28. The number of nitrogens with zero attached hydrogens (tertiary/aromatic N) is 1. The lowest BCUT2D eigenvalue weighted by Crippen LogP contribution is -2.52.